The van der Waals surface area contributed by atoms with Gasteiger partial charge in [-0.05, 0) is 61.6 Å². The standard InChI is InChI=1S/C23H24N4O5/c1-2-32-17-11-9-16(10-12-17)20(29)26-25-19(28)14-27-21(30)23(24-22(27)31)13-5-7-15-6-3-4-8-18(15)23/h3-4,6,8-12H,2,5,7,13-14H2,1H3,(H,24,31)(H,25,28)(H,26,29). The van der Waals surface area contributed by atoms with E-state index in [9.17, 15) is 19.2 Å². The van der Waals surface area contributed by atoms with Gasteiger partial charge in [-0.2, -0.15) is 0 Å². The first-order valence-corrected chi connectivity index (χ1v) is 10.5. The highest BCUT2D eigenvalue weighted by Crippen LogP contribution is 2.39. The van der Waals surface area contributed by atoms with E-state index in [1.807, 2.05) is 31.2 Å². The van der Waals surface area contributed by atoms with Crippen LogP contribution in [-0.4, -0.2) is 41.8 Å². The molecule has 1 saturated heterocycles. The van der Waals surface area contributed by atoms with Crippen LogP contribution in [0.5, 0.6) is 5.75 Å². The maximum absolute atomic E-state index is 13.2. The molecule has 0 bridgehead atoms. The molecule has 9 nitrogen and oxygen atoms in total. The minimum absolute atomic E-state index is 0.321. The quantitative estimate of drug-likeness (QED) is 0.487. The van der Waals surface area contributed by atoms with Gasteiger partial charge in [-0.1, -0.05) is 24.3 Å². The van der Waals surface area contributed by atoms with Crippen molar-refractivity contribution in [3.05, 3.63) is 65.2 Å². The summed E-state index contributed by atoms with van der Waals surface area (Å²) < 4.78 is 5.33. The Hall–Kier alpha value is -3.88. The number of hydrogen-bond acceptors (Lipinski definition) is 5. The van der Waals surface area contributed by atoms with E-state index in [0.717, 1.165) is 28.9 Å². The average Bonchev–Trinajstić information content (AvgIpc) is 3.03. The van der Waals surface area contributed by atoms with Gasteiger partial charge < -0.3 is 10.1 Å². The number of hydrogen-bond donors (Lipinski definition) is 3. The number of rotatable bonds is 5. The molecule has 1 aliphatic carbocycles. The van der Waals surface area contributed by atoms with E-state index in [0.29, 0.717) is 24.3 Å². The predicted molar refractivity (Wildman–Crippen MR) is 115 cm³/mol. The zero-order valence-corrected chi connectivity index (χ0v) is 17.6. The van der Waals surface area contributed by atoms with Gasteiger partial charge in [-0.25, -0.2) is 4.79 Å². The van der Waals surface area contributed by atoms with Gasteiger partial charge in [0.25, 0.3) is 17.7 Å². The van der Waals surface area contributed by atoms with Crippen molar-refractivity contribution in [3.63, 3.8) is 0 Å². The SMILES string of the molecule is CCOc1ccc(C(=O)NNC(=O)CN2C(=O)NC3(CCCc4ccccc43)C2=O)cc1. The molecule has 0 aromatic heterocycles. The van der Waals surface area contributed by atoms with E-state index >= 15 is 0 Å². The molecule has 5 amide bonds. The van der Waals surface area contributed by atoms with Gasteiger partial charge in [0, 0.05) is 5.56 Å². The summed E-state index contributed by atoms with van der Waals surface area (Å²) >= 11 is 0. The summed E-state index contributed by atoms with van der Waals surface area (Å²) in [5.74, 6) is -1.04. The summed E-state index contributed by atoms with van der Waals surface area (Å²) in [6.45, 7) is 1.87. The van der Waals surface area contributed by atoms with Gasteiger partial charge in [0.05, 0.1) is 6.61 Å². The van der Waals surface area contributed by atoms with Gasteiger partial charge >= 0.3 is 6.03 Å². The number of urea groups is 1. The van der Waals surface area contributed by atoms with Crippen molar-refractivity contribution in [2.24, 2.45) is 0 Å². The lowest BCUT2D eigenvalue weighted by atomic mass is 9.76. The van der Waals surface area contributed by atoms with Crippen molar-refractivity contribution in [1.82, 2.24) is 21.1 Å². The molecule has 1 atom stereocenters. The lowest BCUT2D eigenvalue weighted by Crippen LogP contribution is -2.49. The van der Waals surface area contributed by atoms with Crippen LogP contribution in [0.2, 0.25) is 0 Å². The second-order valence-electron chi connectivity index (χ2n) is 7.70. The van der Waals surface area contributed by atoms with Gasteiger partial charge in [-0.15, -0.1) is 0 Å². The highest BCUT2D eigenvalue weighted by atomic mass is 16.5. The van der Waals surface area contributed by atoms with Gasteiger partial charge in [0.2, 0.25) is 0 Å². The lowest BCUT2D eigenvalue weighted by molar-refractivity contribution is -0.135. The maximum Gasteiger partial charge on any atom is 0.325 e. The highest BCUT2D eigenvalue weighted by Gasteiger charge is 2.54. The molecule has 1 unspecified atom stereocenters. The fourth-order valence-corrected chi connectivity index (χ4v) is 4.21. The van der Waals surface area contributed by atoms with Crippen molar-refractivity contribution in [2.45, 2.75) is 31.7 Å². The summed E-state index contributed by atoms with van der Waals surface area (Å²) in [6.07, 6.45) is 2.06. The van der Waals surface area contributed by atoms with Crippen LogP contribution in [0.4, 0.5) is 4.79 Å². The third kappa shape index (κ3) is 3.89. The van der Waals surface area contributed by atoms with Crippen molar-refractivity contribution >= 4 is 23.8 Å². The Bertz CT molecular complexity index is 1070. The van der Waals surface area contributed by atoms with Gasteiger partial charge in [0.15, 0.2) is 0 Å². The van der Waals surface area contributed by atoms with Crippen molar-refractivity contribution < 1.29 is 23.9 Å². The number of fused-ring (bicyclic) bond motifs is 2. The Morgan fingerprint density at radius 2 is 1.84 bits per heavy atom. The first kappa shape index (κ1) is 21.4. The molecule has 1 fully saturated rings. The zero-order valence-electron chi connectivity index (χ0n) is 17.6. The molecule has 4 rings (SSSR count). The van der Waals surface area contributed by atoms with E-state index < -0.39 is 35.8 Å². The van der Waals surface area contributed by atoms with E-state index in [4.69, 9.17) is 4.74 Å². The monoisotopic (exact) mass is 436 g/mol. The molecule has 2 aromatic rings. The first-order valence-electron chi connectivity index (χ1n) is 10.5. The smallest absolute Gasteiger partial charge is 0.325 e. The van der Waals surface area contributed by atoms with Crippen LogP contribution in [0.25, 0.3) is 0 Å². The number of carbonyl (C=O) groups is 4. The number of ether oxygens (including phenoxy) is 1. The third-order valence-electron chi connectivity index (χ3n) is 5.70. The summed E-state index contributed by atoms with van der Waals surface area (Å²) in [6, 6.07) is 13.3. The molecule has 0 saturated carbocycles. The minimum atomic E-state index is -1.14. The molecule has 1 aliphatic heterocycles. The average molecular weight is 436 g/mol. The van der Waals surface area contributed by atoms with Crippen LogP contribution in [0, 0.1) is 0 Å². The molecule has 2 aromatic carbocycles. The van der Waals surface area contributed by atoms with Crippen LogP contribution in [-0.2, 0) is 21.5 Å². The number of carbonyl (C=O) groups excluding carboxylic acids is 4. The fraction of sp³-hybridized carbons (Fsp3) is 0.304. The third-order valence-corrected chi connectivity index (χ3v) is 5.70. The molecule has 1 spiro atoms. The lowest BCUT2D eigenvalue weighted by Gasteiger charge is -2.33. The molecule has 166 valence electrons. The second-order valence-corrected chi connectivity index (χ2v) is 7.70. The van der Waals surface area contributed by atoms with Crippen LogP contribution in [0.1, 0.15) is 41.3 Å². The van der Waals surface area contributed by atoms with E-state index in [2.05, 4.69) is 16.2 Å². The number of nitrogens with zero attached hydrogens (tertiary/aromatic N) is 1. The van der Waals surface area contributed by atoms with Gasteiger partial charge in [0.1, 0.15) is 17.8 Å². The number of benzene rings is 2. The summed E-state index contributed by atoms with van der Waals surface area (Å²) in [7, 11) is 0. The normalized spacial score (nSPS) is 19.3. The fourth-order valence-electron chi connectivity index (χ4n) is 4.21. The van der Waals surface area contributed by atoms with Crippen LogP contribution < -0.4 is 20.9 Å². The largest absolute Gasteiger partial charge is 0.494 e. The maximum atomic E-state index is 13.2. The van der Waals surface area contributed by atoms with Gasteiger partial charge in [-0.3, -0.25) is 30.1 Å². The van der Waals surface area contributed by atoms with Crippen LogP contribution >= 0.6 is 0 Å². The molecule has 32 heavy (non-hydrogen) atoms. The highest BCUT2D eigenvalue weighted by molar-refractivity contribution is 6.09. The van der Waals surface area contributed by atoms with Crippen molar-refractivity contribution in [3.8, 4) is 5.75 Å². The van der Waals surface area contributed by atoms with E-state index in [-0.39, 0.29) is 0 Å². The number of imide groups is 1. The molecule has 0 radical (unpaired) electrons. The van der Waals surface area contributed by atoms with E-state index in [1.165, 1.54) is 0 Å². The Labute approximate surface area is 185 Å². The summed E-state index contributed by atoms with van der Waals surface area (Å²) in [5, 5.41) is 2.80. The Kier molecular flexibility index (Phi) is 5.81. The topological polar surface area (TPSA) is 117 Å². The van der Waals surface area contributed by atoms with Crippen LogP contribution in [0.15, 0.2) is 48.5 Å². The second kappa shape index (κ2) is 8.70. The first-order chi connectivity index (χ1) is 15.4. The Morgan fingerprint density at radius 3 is 2.59 bits per heavy atom. The number of amides is 5. The zero-order chi connectivity index (χ0) is 22.7. The molecule has 9 heteroatoms. The molecular formula is C23H24N4O5. The van der Waals surface area contributed by atoms with Crippen molar-refractivity contribution in [1.29, 1.82) is 0 Å². The minimum Gasteiger partial charge on any atom is -0.494 e. The number of nitrogens with one attached hydrogen (secondary N) is 3. The number of hydrazine groups is 1. The number of aryl methyl sites for hydroxylation is 1. The molecule has 1 heterocycles. The Balaban J connectivity index is 1.38. The molecule has 3 N–H and O–H groups in total. The molecule has 2 aliphatic rings. The van der Waals surface area contributed by atoms with E-state index in [1.54, 1.807) is 24.3 Å². The molecular weight excluding hydrogens is 412 g/mol. The van der Waals surface area contributed by atoms with Crippen molar-refractivity contribution in [2.75, 3.05) is 13.2 Å². The van der Waals surface area contributed by atoms with Crippen LogP contribution in [0.3, 0.4) is 0 Å². The summed E-state index contributed by atoms with van der Waals surface area (Å²) in [5.41, 5.74) is 5.52. The Morgan fingerprint density at radius 1 is 1.09 bits per heavy atom. The predicted octanol–water partition coefficient (Wildman–Crippen LogP) is 1.63. The summed E-state index contributed by atoms with van der Waals surface area (Å²) in [4.78, 5) is 51.3.